The highest BCUT2D eigenvalue weighted by Gasteiger charge is 2.18. The van der Waals surface area contributed by atoms with Crippen LogP contribution in [0.25, 0.3) is 0 Å². The molecule has 0 aromatic carbocycles. The third kappa shape index (κ3) is 2.28. The van der Waals surface area contributed by atoms with Crippen LogP contribution in [0.1, 0.15) is 18.9 Å². The molecule has 2 rings (SSSR count). The molecule has 1 atom stereocenters. The SMILES string of the molecule is CC1CCN(Cc2[c]nccc2)C1. The molecule has 0 saturated carbocycles. The van der Waals surface area contributed by atoms with Gasteiger partial charge in [0, 0.05) is 19.3 Å². The molecule has 69 valence electrons. The van der Waals surface area contributed by atoms with Crippen molar-refractivity contribution in [1.82, 2.24) is 9.88 Å². The van der Waals surface area contributed by atoms with Crippen LogP contribution in [-0.4, -0.2) is 23.0 Å². The fourth-order valence-corrected chi connectivity index (χ4v) is 1.86. The van der Waals surface area contributed by atoms with Crippen molar-refractivity contribution in [3.05, 3.63) is 30.1 Å². The number of hydrogen-bond donors (Lipinski definition) is 0. The standard InChI is InChI=1S/C11H15N2/c1-10-4-6-13(8-10)9-11-3-2-5-12-7-11/h2-3,5,10H,4,6,8-9H2,1H3. The first-order valence-corrected chi connectivity index (χ1v) is 4.88. The highest BCUT2D eigenvalue weighted by Crippen LogP contribution is 2.16. The number of nitrogens with zero attached hydrogens (tertiary/aromatic N) is 2. The third-order valence-electron chi connectivity index (χ3n) is 2.57. The van der Waals surface area contributed by atoms with Crippen molar-refractivity contribution in [2.45, 2.75) is 19.9 Å². The van der Waals surface area contributed by atoms with E-state index in [4.69, 9.17) is 0 Å². The predicted octanol–water partition coefficient (Wildman–Crippen LogP) is 1.72. The molecule has 2 heterocycles. The largest absolute Gasteiger partial charge is 0.299 e. The summed E-state index contributed by atoms with van der Waals surface area (Å²) in [5, 5.41) is 0. The van der Waals surface area contributed by atoms with Crippen molar-refractivity contribution in [3.63, 3.8) is 0 Å². The Morgan fingerprint density at radius 3 is 3.23 bits per heavy atom. The molecule has 0 N–H and O–H groups in total. The molecule has 1 fully saturated rings. The van der Waals surface area contributed by atoms with Crippen LogP contribution in [0.4, 0.5) is 0 Å². The normalized spacial score (nSPS) is 23.6. The van der Waals surface area contributed by atoms with Crippen LogP contribution < -0.4 is 0 Å². The summed E-state index contributed by atoms with van der Waals surface area (Å²) in [6.07, 6.45) is 6.13. The molecule has 2 heteroatoms. The van der Waals surface area contributed by atoms with Gasteiger partial charge >= 0.3 is 0 Å². The van der Waals surface area contributed by atoms with E-state index in [1.807, 2.05) is 6.07 Å². The maximum Gasteiger partial charge on any atom is 0.0934 e. The summed E-state index contributed by atoms with van der Waals surface area (Å²) in [7, 11) is 0. The Morgan fingerprint density at radius 1 is 1.69 bits per heavy atom. The average Bonchev–Trinajstić information content (AvgIpc) is 2.53. The van der Waals surface area contributed by atoms with Crippen LogP contribution in [0, 0.1) is 12.1 Å². The zero-order chi connectivity index (χ0) is 9.10. The molecule has 1 radical (unpaired) electrons. The van der Waals surface area contributed by atoms with E-state index in [1.165, 1.54) is 25.1 Å². The van der Waals surface area contributed by atoms with Gasteiger partial charge in [-0.1, -0.05) is 13.0 Å². The fraction of sp³-hybridized carbons (Fsp3) is 0.545. The Hall–Kier alpha value is -0.890. The Bertz CT molecular complexity index is 258. The monoisotopic (exact) mass is 175 g/mol. The lowest BCUT2D eigenvalue weighted by molar-refractivity contribution is 0.320. The van der Waals surface area contributed by atoms with Crippen molar-refractivity contribution < 1.29 is 0 Å². The van der Waals surface area contributed by atoms with Crippen molar-refractivity contribution in [2.24, 2.45) is 5.92 Å². The zero-order valence-electron chi connectivity index (χ0n) is 8.03. The summed E-state index contributed by atoms with van der Waals surface area (Å²) in [4.78, 5) is 6.46. The van der Waals surface area contributed by atoms with Gasteiger partial charge in [0.1, 0.15) is 0 Å². The number of aromatic nitrogens is 1. The smallest absolute Gasteiger partial charge is 0.0934 e. The Morgan fingerprint density at radius 2 is 2.62 bits per heavy atom. The Kier molecular flexibility index (Phi) is 2.60. The van der Waals surface area contributed by atoms with E-state index in [2.05, 4.69) is 29.1 Å². The van der Waals surface area contributed by atoms with Crippen molar-refractivity contribution in [2.75, 3.05) is 13.1 Å². The second kappa shape index (κ2) is 3.88. The second-order valence-electron chi connectivity index (χ2n) is 3.90. The molecular formula is C11H15N2. The molecule has 13 heavy (non-hydrogen) atoms. The van der Waals surface area contributed by atoms with Gasteiger partial charge in [-0.3, -0.25) is 9.88 Å². The van der Waals surface area contributed by atoms with Crippen LogP contribution in [0.5, 0.6) is 0 Å². The van der Waals surface area contributed by atoms with E-state index in [0.717, 1.165) is 12.5 Å². The highest BCUT2D eigenvalue weighted by molar-refractivity contribution is 5.07. The van der Waals surface area contributed by atoms with Gasteiger partial charge in [0.2, 0.25) is 0 Å². The van der Waals surface area contributed by atoms with E-state index in [1.54, 1.807) is 6.20 Å². The molecule has 0 aliphatic carbocycles. The summed E-state index contributed by atoms with van der Waals surface area (Å²) in [5.41, 5.74) is 1.21. The molecule has 1 aromatic heterocycles. The van der Waals surface area contributed by atoms with Crippen LogP contribution in [0.3, 0.4) is 0 Å². The van der Waals surface area contributed by atoms with Gasteiger partial charge < -0.3 is 0 Å². The minimum Gasteiger partial charge on any atom is -0.299 e. The van der Waals surface area contributed by atoms with E-state index in [-0.39, 0.29) is 0 Å². The second-order valence-corrected chi connectivity index (χ2v) is 3.90. The van der Waals surface area contributed by atoms with E-state index >= 15 is 0 Å². The Labute approximate surface area is 79.6 Å². The van der Waals surface area contributed by atoms with Gasteiger partial charge in [-0.15, -0.1) is 0 Å². The van der Waals surface area contributed by atoms with Gasteiger partial charge in [-0.25, -0.2) is 0 Å². The van der Waals surface area contributed by atoms with Gasteiger partial charge in [-0.2, -0.15) is 0 Å². The van der Waals surface area contributed by atoms with Crippen molar-refractivity contribution >= 4 is 0 Å². The van der Waals surface area contributed by atoms with Crippen LogP contribution in [0.15, 0.2) is 18.3 Å². The summed E-state index contributed by atoms with van der Waals surface area (Å²) < 4.78 is 0. The van der Waals surface area contributed by atoms with Crippen molar-refractivity contribution in [3.8, 4) is 0 Å². The van der Waals surface area contributed by atoms with Crippen LogP contribution >= 0.6 is 0 Å². The van der Waals surface area contributed by atoms with E-state index < -0.39 is 0 Å². The van der Waals surface area contributed by atoms with Gasteiger partial charge in [-0.05, 0) is 30.5 Å². The molecule has 2 nitrogen and oxygen atoms in total. The molecule has 1 aromatic rings. The zero-order valence-corrected chi connectivity index (χ0v) is 8.03. The molecule has 1 saturated heterocycles. The van der Waals surface area contributed by atoms with E-state index in [0.29, 0.717) is 0 Å². The number of likely N-dealkylation sites (tertiary alicyclic amines) is 1. The molecule has 0 amide bonds. The van der Waals surface area contributed by atoms with Gasteiger partial charge in [0.25, 0.3) is 0 Å². The lowest BCUT2D eigenvalue weighted by atomic mass is 10.2. The third-order valence-corrected chi connectivity index (χ3v) is 2.57. The molecule has 1 aliphatic rings. The lowest BCUT2D eigenvalue weighted by Crippen LogP contribution is -2.19. The predicted molar refractivity (Wildman–Crippen MR) is 52.1 cm³/mol. The summed E-state index contributed by atoms with van der Waals surface area (Å²) in [5.74, 6) is 0.858. The maximum absolute atomic E-state index is 3.99. The first-order valence-electron chi connectivity index (χ1n) is 4.88. The first kappa shape index (κ1) is 8.70. The van der Waals surface area contributed by atoms with Crippen LogP contribution in [-0.2, 0) is 6.54 Å². The molecule has 0 bridgehead atoms. The number of pyridine rings is 1. The van der Waals surface area contributed by atoms with Gasteiger partial charge in [0.15, 0.2) is 0 Å². The maximum atomic E-state index is 3.99. The minimum atomic E-state index is 0.858. The minimum absolute atomic E-state index is 0.858. The number of hydrogen-bond acceptors (Lipinski definition) is 2. The average molecular weight is 175 g/mol. The summed E-state index contributed by atoms with van der Waals surface area (Å²) in [6.45, 7) is 5.78. The molecular weight excluding hydrogens is 160 g/mol. The summed E-state index contributed by atoms with van der Waals surface area (Å²) in [6, 6.07) is 4.07. The number of rotatable bonds is 2. The summed E-state index contributed by atoms with van der Waals surface area (Å²) >= 11 is 0. The van der Waals surface area contributed by atoms with Crippen molar-refractivity contribution in [1.29, 1.82) is 0 Å². The molecule has 0 spiro atoms. The highest BCUT2D eigenvalue weighted by atomic mass is 15.1. The Balaban J connectivity index is 1.92. The fourth-order valence-electron chi connectivity index (χ4n) is 1.86. The lowest BCUT2D eigenvalue weighted by Gasteiger charge is -2.14. The molecule has 1 unspecified atom stereocenters. The topological polar surface area (TPSA) is 16.1 Å². The first-order chi connectivity index (χ1) is 6.34. The van der Waals surface area contributed by atoms with Gasteiger partial charge in [0.05, 0.1) is 6.20 Å². The van der Waals surface area contributed by atoms with E-state index in [9.17, 15) is 0 Å². The quantitative estimate of drug-likeness (QED) is 0.680. The molecule has 1 aliphatic heterocycles. The van der Waals surface area contributed by atoms with Crippen LogP contribution in [0.2, 0.25) is 0 Å².